The van der Waals surface area contributed by atoms with E-state index >= 15 is 0 Å². The summed E-state index contributed by atoms with van der Waals surface area (Å²) in [6, 6.07) is 27.2. The Kier molecular flexibility index (Phi) is 6.64. The number of nitrogens with zero attached hydrogens (tertiary/aromatic N) is 2. The molecule has 6 heteroatoms. The van der Waals surface area contributed by atoms with Gasteiger partial charge in [-0.2, -0.15) is 5.10 Å². The Hall–Kier alpha value is -4.19. The van der Waals surface area contributed by atoms with Crippen LogP contribution < -0.4 is 15.6 Å². The number of para-hydroxylation sites is 1. The van der Waals surface area contributed by atoms with Crippen molar-refractivity contribution in [1.82, 2.24) is 9.78 Å². The van der Waals surface area contributed by atoms with Crippen LogP contribution in [0.2, 0.25) is 0 Å². The Morgan fingerprint density at radius 2 is 1.61 bits per heavy atom. The lowest BCUT2D eigenvalue weighted by molar-refractivity contribution is -0.119. The highest BCUT2D eigenvalue weighted by Crippen LogP contribution is 2.28. The first-order valence-electron chi connectivity index (χ1n) is 10.8. The van der Waals surface area contributed by atoms with Crippen molar-refractivity contribution in [2.24, 2.45) is 0 Å². The van der Waals surface area contributed by atoms with Crippen LogP contribution in [0.5, 0.6) is 5.75 Å². The quantitative estimate of drug-likeness (QED) is 0.431. The molecule has 4 aromatic rings. The molecule has 0 bridgehead atoms. The minimum absolute atomic E-state index is 0.322. The van der Waals surface area contributed by atoms with Gasteiger partial charge in [0.1, 0.15) is 11.8 Å². The molecule has 1 aromatic heterocycles. The molecule has 1 heterocycles. The third-order valence-electron chi connectivity index (χ3n) is 5.30. The molecule has 1 unspecified atom stereocenters. The maximum atomic E-state index is 13.1. The second-order valence-electron chi connectivity index (χ2n) is 7.54. The molecular weight excluding hydrogens is 414 g/mol. The molecule has 166 valence electrons. The zero-order valence-electron chi connectivity index (χ0n) is 18.6. The van der Waals surface area contributed by atoms with Crippen molar-refractivity contribution in [3.8, 4) is 28.1 Å². The first-order valence-corrected chi connectivity index (χ1v) is 10.8. The molecule has 0 saturated heterocycles. The van der Waals surface area contributed by atoms with E-state index in [9.17, 15) is 9.59 Å². The van der Waals surface area contributed by atoms with Gasteiger partial charge in [-0.05, 0) is 55.8 Å². The number of carbonyl (C=O) groups excluding carboxylic acids is 1. The summed E-state index contributed by atoms with van der Waals surface area (Å²) in [7, 11) is 0. The predicted molar refractivity (Wildman–Crippen MR) is 130 cm³/mol. The summed E-state index contributed by atoms with van der Waals surface area (Å²) in [4.78, 5) is 25.6. The summed E-state index contributed by atoms with van der Waals surface area (Å²) in [6.07, 6.45) is 0. The van der Waals surface area contributed by atoms with Gasteiger partial charge in [0.25, 0.3) is 5.56 Å². The minimum atomic E-state index is -0.802. The summed E-state index contributed by atoms with van der Waals surface area (Å²) < 4.78 is 6.69. The average Bonchev–Trinajstić information content (AvgIpc) is 2.85. The van der Waals surface area contributed by atoms with E-state index in [2.05, 4.69) is 10.4 Å². The van der Waals surface area contributed by atoms with E-state index in [-0.39, 0.29) is 11.5 Å². The summed E-state index contributed by atoms with van der Waals surface area (Å²) in [5, 5.41) is 7.42. The molecule has 0 aliphatic rings. The lowest BCUT2D eigenvalue weighted by Gasteiger charge is -2.17. The van der Waals surface area contributed by atoms with Crippen molar-refractivity contribution in [2.45, 2.75) is 19.9 Å². The van der Waals surface area contributed by atoms with Crippen molar-refractivity contribution >= 4 is 11.6 Å². The van der Waals surface area contributed by atoms with E-state index in [1.54, 1.807) is 13.0 Å². The number of anilines is 1. The zero-order chi connectivity index (χ0) is 23.2. The third kappa shape index (κ3) is 5.01. The zero-order valence-corrected chi connectivity index (χ0v) is 18.6. The SMILES string of the molecule is CCOc1ccc(-c2ccc(=O)n(C(C)C(=O)Nc3ccccc3-c3ccccc3)n2)cc1. The molecule has 0 aliphatic carbocycles. The molecule has 1 atom stereocenters. The molecule has 1 amide bonds. The van der Waals surface area contributed by atoms with E-state index in [1.807, 2.05) is 85.8 Å². The van der Waals surface area contributed by atoms with Crippen molar-refractivity contribution in [2.75, 3.05) is 11.9 Å². The minimum Gasteiger partial charge on any atom is -0.494 e. The number of amides is 1. The maximum Gasteiger partial charge on any atom is 0.267 e. The van der Waals surface area contributed by atoms with E-state index in [0.717, 1.165) is 22.4 Å². The second kappa shape index (κ2) is 9.96. The monoisotopic (exact) mass is 439 g/mol. The summed E-state index contributed by atoms with van der Waals surface area (Å²) >= 11 is 0. The van der Waals surface area contributed by atoms with E-state index in [1.165, 1.54) is 10.7 Å². The standard InChI is InChI=1S/C27H25N3O3/c1-3-33-22-15-13-21(14-16-22)24-17-18-26(31)30(29-24)19(2)27(32)28-25-12-8-7-11-23(25)20-9-5-4-6-10-20/h4-19H,3H2,1-2H3,(H,28,32). The Morgan fingerprint density at radius 1 is 0.909 bits per heavy atom. The fourth-order valence-electron chi connectivity index (χ4n) is 3.56. The first-order chi connectivity index (χ1) is 16.1. The Balaban J connectivity index is 1.59. The number of hydrogen-bond donors (Lipinski definition) is 1. The number of carbonyl (C=O) groups is 1. The van der Waals surface area contributed by atoms with Crippen LogP contribution in [0.4, 0.5) is 5.69 Å². The molecule has 3 aromatic carbocycles. The lowest BCUT2D eigenvalue weighted by Crippen LogP contribution is -2.33. The fraction of sp³-hybridized carbons (Fsp3) is 0.148. The number of nitrogens with one attached hydrogen (secondary N) is 1. The number of hydrogen-bond acceptors (Lipinski definition) is 4. The van der Waals surface area contributed by atoms with Gasteiger partial charge in [0.05, 0.1) is 12.3 Å². The van der Waals surface area contributed by atoms with Crippen LogP contribution in [0.1, 0.15) is 19.9 Å². The molecule has 33 heavy (non-hydrogen) atoms. The van der Waals surface area contributed by atoms with Gasteiger partial charge in [0, 0.05) is 22.9 Å². The van der Waals surface area contributed by atoms with Gasteiger partial charge < -0.3 is 10.1 Å². The summed E-state index contributed by atoms with van der Waals surface area (Å²) in [6.45, 7) is 4.18. The molecule has 6 nitrogen and oxygen atoms in total. The van der Waals surface area contributed by atoms with Crippen LogP contribution >= 0.6 is 0 Å². The van der Waals surface area contributed by atoms with Crippen LogP contribution in [0.25, 0.3) is 22.4 Å². The van der Waals surface area contributed by atoms with Crippen LogP contribution in [-0.2, 0) is 4.79 Å². The van der Waals surface area contributed by atoms with E-state index in [4.69, 9.17) is 4.74 Å². The van der Waals surface area contributed by atoms with Crippen molar-refractivity contribution in [1.29, 1.82) is 0 Å². The Labute approximate surface area is 192 Å². The molecular formula is C27H25N3O3. The number of rotatable bonds is 7. The number of benzene rings is 3. The first kappa shape index (κ1) is 22.0. The molecule has 0 fully saturated rings. The molecule has 0 aliphatic heterocycles. The second-order valence-corrected chi connectivity index (χ2v) is 7.54. The Bertz CT molecular complexity index is 1300. The largest absolute Gasteiger partial charge is 0.494 e. The molecule has 0 saturated carbocycles. The summed E-state index contributed by atoms with van der Waals surface area (Å²) in [5.74, 6) is 0.441. The predicted octanol–water partition coefficient (Wildman–Crippen LogP) is 5.18. The van der Waals surface area contributed by atoms with Gasteiger partial charge in [0.15, 0.2) is 0 Å². The smallest absolute Gasteiger partial charge is 0.267 e. The van der Waals surface area contributed by atoms with Gasteiger partial charge in [-0.15, -0.1) is 0 Å². The average molecular weight is 440 g/mol. The normalized spacial score (nSPS) is 11.6. The maximum absolute atomic E-state index is 13.1. The highest BCUT2D eigenvalue weighted by atomic mass is 16.5. The highest BCUT2D eigenvalue weighted by molar-refractivity contribution is 5.97. The van der Waals surface area contributed by atoms with Gasteiger partial charge in [-0.25, -0.2) is 4.68 Å². The van der Waals surface area contributed by atoms with Gasteiger partial charge in [-0.1, -0.05) is 48.5 Å². The molecule has 0 radical (unpaired) electrons. The lowest BCUT2D eigenvalue weighted by atomic mass is 10.0. The number of aromatic nitrogens is 2. The van der Waals surface area contributed by atoms with Crippen molar-refractivity contribution in [3.63, 3.8) is 0 Å². The summed E-state index contributed by atoms with van der Waals surface area (Å²) in [5.41, 5.74) is 3.66. The van der Waals surface area contributed by atoms with Crippen LogP contribution in [-0.4, -0.2) is 22.3 Å². The number of ether oxygens (including phenoxy) is 1. The van der Waals surface area contributed by atoms with Gasteiger partial charge in [0.2, 0.25) is 5.91 Å². The molecule has 0 spiro atoms. The van der Waals surface area contributed by atoms with Gasteiger partial charge >= 0.3 is 0 Å². The van der Waals surface area contributed by atoms with Crippen LogP contribution in [0, 0.1) is 0 Å². The Morgan fingerprint density at radius 3 is 2.33 bits per heavy atom. The van der Waals surface area contributed by atoms with Crippen molar-refractivity contribution < 1.29 is 9.53 Å². The van der Waals surface area contributed by atoms with E-state index in [0.29, 0.717) is 18.0 Å². The topological polar surface area (TPSA) is 73.2 Å². The van der Waals surface area contributed by atoms with Gasteiger partial charge in [-0.3, -0.25) is 9.59 Å². The fourth-order valence-corrected chi connectivity index (χ4v) is 3.56. The van der Waals surface area contributed by atoms with Crippen LogP contribution in [0.3, 0.4) is 0 Å². The molecule has 4 rings (SSSR count). The third-order valence-corrected chi connectivity index (χ3v) is 5.30. The van der Waals surface area contributed by atoms with Crippen molar-refractivity contribution in [3.05, 3.63) is 101 Å². The van der Waals surface area contributed by atoms with E-state index < -0.39 is 6.04 Å². The van der Waals surface area contributed by atoms with Crippen LogP contribution in [0.15, 0.2) is 95.8 Å². The molecule has 1 N–H and O–H groups in total. The highest BCUT2D eigenvalue weighted by Gasteiger charge is 2.19.